The highest BCUT2D eigenvalue weighted by atomic mass is 16.1. The second-order valence-electron chi connectivity index (χ2n) is 6.12. The van der Waals surface area contributed by atoms with Crippen LogP contribution in [0.5, 0.6) is 0 Å². The summed E-state index contributed by atoms with van der Waals surface area (Å²) in [7, 11) is 0. The molecule has 24 heavy (non-hydrogen) atoms. The first-order valence-corrected chi connectivity index (χ1v) is 8.34. The van der Waals surface area contributed by atoms with Gasteiger partial charge >= 0.3 is 0 Å². The van der Waals surface area contributed by atoms with Gasteiger partial charge in [-0.1, -0.05) is 49.4 Å². The van der Waals surface area contributed by atoms with Crippen molar-refractivity contribution in [2.45, 2.75) is 33.2 Å². The maximum atomic E-state index is 12.8. The fourth-order valence-electron chi connectivity index (χ4n) is 2.90. The van der Waals surface area contributed by atoms with Crippen molar-refractivity contribution in [1.82, 2.24) is 10.3 Å². The first-order chi connectivity index (χ1) is 11.6. The minimum absolute atomic E-state index is 0.0457. The lowest BCUT2D eigenvalue weighted by atomic mass is 10.0. The fourth-order valence-corrected chi connectivity index (χ4v) is 2.90. The molecule has 0 aliphatic heterocycles. The van der Waals surface area contributed by atoms with Crippen LogP contribution in [0, 0.1) is 6.92 Å². The lowest BCUT2D eigenvalue weighted by Crippen LogP contribution is -2.27. The molecule has 0 saturated carbocycles. The van der Waals surface area contributed by atoms with Gasteiger partial charge in [0.15, 0.2) is 0 Å². The first kappa shape index (κ1) is 16.2. The summed E-state index contributed by atoms with van der Waals surface area (Å²) >= 11 is 0. The number of aryl methyl sites for hydroxylation is 2. The molecule has 3 rings (SSSR count). The second kappa shape index (κ2) is 6.83. The molecule has 2 aromatic carbocycles. The Kier molecular flexibility index (Phi) is 4.61. The quantitative estimate of drug-likeness (QED) is 0.764. The van der Waals surface area contributed by atoms with Crippen molar-refractivity contribution in [2.24, 2.45) is 0 Å². The van der Waals surface area contributed by atoms with E-state index >= 15 is 0 Å². The van der Waals surface area contributed by atoms with Gasteiger partial charge < -0.3 is 5.32 Å². The highest BCUT2D eigenvalue weighted by Crippen LogP contribution is 2.20. The zero-order valence-corrected chi connectivity index (χ0v) is 14.3. The highest BCUT2D eigenvalue weighted by Gasteiger charge is 2.15. The Balaban J connectivity index is 1.86. The van der Waals surface area contributed by atoms with Crippen LogP contribution in [0.25, 0.3) is 10.9 Å². The molecule has 1 atom stereocenters. The summed E-state index contributed by atoms with van der Waals surface area (Å²) in [6, 6.07) is 18.0. The molecule has 0 radical (unpaired) electrons. The minimum Gasteiger partial charge on any atom is -0.345 e. The van der Waals surface area contributed by atoms with E-state index in [0.29, 0.717) is 5.56 Å². The molecule has 0 aliphatic rings. The van der Waals surface area contributed by atoms with E-state index in [1.165, 1.54) is 5.56 Å². The number of nitrogens with zero attached hydrogens (tertiary/aromatic N) is 1. The number of rotatable bonds is 4. The third kappa shape index (κ3) is 3.30. The predicted octanol–water partition coefficient (Wildman–Crippen LogP) is 4.60. The summed E-state index contributed by atoms with van der Waals surface area (Å²) in [5.74, 6) is -0.0660. The summed E-state index contributed by atoms with van der Waals surface area (Å²) in [5.41, 5.74) is 4.78. The van der Waals surface area contributed by atoms with Gasteiger partial charge in [-0.05, 0) is 43.5 Å². The van der Waals surface area contributed by atoms with E-state index in [1.807, 2.05) is 44.2 Å². The number of carbonyl (C=O) groups excluding carboxylic acids is 1. The molecule has 0 saturated heterocycles. The Morgan fingerprint density at radius 1 is 1.12 bits per heavy atom. The van der Waals surface area contributed by atoms with E-state index in [-0.39, 0.29) is 11.9 Å². The van der Waals surface area contributed by atoms with Crippen LogP contribution in [0.15, 0.2) is 54.6 Å². The van der Waals surface area contributed by atoms with Crippen LogP contribution >= 0.6 is 0 Å². The molecular formula is C21H22N2O. The van der Waals surface area contributed by atoms with E-state index in [4.69, 9.17) is 0 Å². The summed E-state index contributed by atoms with van der Waals surface area (Å²) in [4.78, 5) is 17.3. The molecular weight excluding hydrogens is 296 g/mol. The van der Waals surface area contributed by atoms with Crippen LogP contribution in [-0.4, -0.2) is 10.9 Å². The van der Waals surface area contributed by atoms with Crippen molar-refractivity contribution in [3.05, 3.63) is 77.0 Å². The monoisotopic (exact) mass is 318 g/mol. The van der Waals surface area contributed by atoms with Crippen LogP contribution in [0.2, 0.25) is 0 Å². The van der Waals surface area contributed by atoms with E-state index in [9.17, 15) is 4.79 Å². The minimum atomic E-state index is -0.0660. The zero-order valence-electron chi connectivity index (χ0n) is 14.3. The van der Waals surface area contributed by atoms with Gasteiger partial charge in [-0.3, -0.25) is 9.78 Å². The second-order valence-corrected chi connectivity index (χ2v) is 6.12. The van der Waals surface area contributed by atoms with Crippen molar-refractivity contribution in [3.8, 4) is 0 Å². The Labute approximate surface area is 142 Å². The normalized spacial score (nSPS) is 12.1. The molecule has 122 valence electrons. The number of pyridine rings is 1. The Hall–Kier alpha value is -2.68. The van der Waals surface area contributed by atoms with Gasteiger partial charge in [0.2, 0.25) is 0 Å². The van der Waals surface area contributed by atoms with Crippen LogP contribution in [-0.2, 0) is 6.42 Å². The SMILES string of the molecule is CCc1ccc(C(C)NC(=O)c2cc(C)nc3ccccc23)cc1. The predicted molar refractivity (Wildman–Crippen MR) is 98.2 cm³/mol. The average Bonchev–Trinajstić information content (AvgIpc) is 2.60. The van der Waals surface area contributed by atoms with Gasteiger partial charge in [0, 0.05) is 11.1 Å². The summed E-state index contributed by atoms with van der Waals surface area (Å²) < 4.78 is 0. The molecule has 0 spiro atoms. The maximum Gasteiger partial charge on any atom is 0.252 e. The number of hydrogen-bond acceptors (Lipinski definition) is 2. The Morgan fingerprint density at radius 3 is 2.54 bits per heavy atom. The maximum absolute atomic E-state index is 12.8. The third-order valence-corrected chi connectivity index (χ3v) is 4.32. The number of amides is 1. The molecule has 3 nitrogen and oxygen atoms in total. The third-order valence-electron chi connectivity index (χ3n) is 4.32. The molecule has 1 N–H and O–H groups in total. The average molecular weight is 318 g/mol. The summed E-state index contributed by atoms with van der Waals surface area (Å²) in [6.45, 7) is 6.06. The number of nitrogens with one attached hydrogen (secondary N) is 1. The molecule has 1 amide bonds. The number of para-hydroxylation sites is 1. The highest BCUT2D eigenvalue weighted by molar-refractivity contribution is 6.06. The lowest BCUT2D eigenvalue weighted by Gasteiger charge is -2.16. The molecule has 1 heterocycles. The molecule has 0 fully saturated rings. The molecule has 0 aliphatic carbocycles. The van der Waals surface area contributed by atoms with E-state index < -0.39 is 0 Å². The van der Waals surface area contributed by atoms with Gasteiger partial charge in [0.05, 0.1) is 17.1 Å². The lowest BCUT2D eigenvalue weighted by molar-refractivity contribution is 0.0941. The standard InChI is InChI=1S/C21H22N2O/c1-4-16-9-11-17(12-10-16)15(3)23-21(24)19-13-14(2)22-20-8-6-5-7-18(19)20/h5-13,15H,4H2,1-3H3,(H,23,24). The van der Waals surface area contributed by atoms with Crippen LogP contribution < -0.4 is 5.32 Å². The summed E-state index contributed by atoms with van der Waals surface area (Å²) in [6.07, 6.45) is 1.02. The molecule has 0 bridgehead atoms. The number of carbonyl (C=O) groups is 1. The number of aromatic nitrogens is 1. The van der Waals surface area contributed by atoms with Crippen molar-refractivity contribution in [2.75, 3.05) is 0 Å². The Bertz CT molecular complexity index is 869. The largest absolute Gasteiger partial charge is 0.345 e. The smallest absolute Gasteiger partial charge is 0.252 e. The topological polar surface area (TPSA) is 42.0 Å². The molecule has 3 aromatic rings. The summed E-state index contributed by atoms with van der Waals surface area (Å²) in [5, 5.41) is 3.99. The molecule has 3 heteroatoms. The molecule has 1 aromatic heterocycles. The fraction of sp³-hybridized carbons (Fsp3) is 0.238. The van der Waals surface area contributed by atoms with Crippen molar-refractivity contribution >= 4 is 16.8 Å². The van der Waals surface area contributed by atoms with Gasteiger partial charge in [-0.25, -0.2) is 0 Å². The van der Waals surface area contributed by atoms with Crippen molar-refractivity contribution in [3.63, 3.8) is 0 Å². The molecule has 1 unspecified atom stereocenters. The van der Waals surface area contributed by atoms with Gasteiger partial charge in [0.25, 0.3) is 5.91 Å². The van der Waals surface area contributed by atoms with Gasteiger partial charge in [-0.15, -0.1) is 0 Å². The number of benzene rings is 2. The van der Waals surface area contributed by atoms with Crippen LogP contribution in [0.1, 0.15) is 47.1 Å². The van der Waals surface area contributed by atoms with Gasteiger partial charge in [-0.2, -0.15) is 0 Å². The van der Waals surface area contributed by atoms with E-state index in [2.05, 4.69) is 41.5 Å². The van der Waals surface area contributed by atoms with E-state index in [0.717, 1.165) is 28.6 Å². The van der Waals surface area contributed by atoms with Crippen molar-refractivity contribution < 1.29 is 4.79 Å². The number of hydrogen-bond donors (Lipinski definition) is 1. The Morgan fingerprint density at radius 2 is 1.83 bits per heavy atom. The van der Waals surface area contributed by atoms with E-state index in [1.54, 1.807) is 0 Å². The van der Waals surface area contributed by atoms with Gasteiger partial charge in [0.1, 0.15) is 0 Å². The van der Waals surface area contributed by atoms with Crippen molar-refractivity contribution in [1.29, 1.82) is 0 Å². The first-order valence-electron chi connectivity index (χ1n) is 8.34. The van der Waals surface area contributed by atoms with Crippen LogP contribution in [0.3, 0.4) is 0 Å². The van der Waals surface area contributed by atoms with Crippen LogP contribution in [0.4, 0.5) is 0 Å². The number of fused-ring (bicyclic) bond motifs is 1. The zero-order chi connectivity index (χ0) is 17.1.